The Labute approximate surface area is 178 Å². The van der Waals surface area contributed by atoms with Gasteiger partial charge in [-0.1, -0.05) is 60.7 Å². The smallest absolute Gasteiger partial charge is 0.257 e. The summed E-state index contributed by atoms with van der Waals surface area (Å²) < 4.78 is 1.84. The van der Waals surface area contributed by atoms with Crippen LogP contribution in [0.25, 0.3) is 0 Å². The number of amides is 1. The van der Waals surface area contributed by atoms with E-state index in [-0.39, 0.29) is 11.9 Å². The van der Waals surface area contributed by atoms with Gasteiger partial charge in [-0.05, 0) is 36.9 Å². The van der Waals surface area contributed by atoms with E-state index in [0.717, 1.165) is 38.9 Å². The summed E-state index contributed by atoms with van der Waals surface area (Å²) in [5, 5.41) is 4.40. The summed E-state index contributed by atoms with van der Waals surface area (Å²) in [7, 11) is 1.93. The highest BCUT2D eigenvalue weighted by Gasteiger charge is 2.27. The van der Waals surface area contributed by atoms with E-state index in [2.05, 4.69) is 52.5 Å². The Kier molecular flexibility index (Phi) is 6.60. The molecule has 0 N–H and O–H groups in total. The van der Waals surface area contributed by atoms with Gasteiger partial charge >= 0.3 is 0 Å². The Hall–Kier alpha value is -2.92. The van der Waals surface area contributed by atoms with Gasteiger partial charge in [-0.15, -0.1) is 0 Å². The van der Waals surface area contributed by atoms with Crippen molar-refractivity contribution in [3.63, 3.8) is 0 Å². The predicted molar refractivity (Wildman–Crippen MR) is 119 cm³/mol. The highest BCUT2D eigenvalue weighted by molar-refractivity contribution is 5.93. The van der Waals surface area contributed by atoms with Crippen molar-refractivity contribution in [2.24, 2.45) is 0 Å². The first kappa shape index (κ1) is 20.4. The number of carbonyl (C=O) groups is 1. The van der Waals surface area contributed by atoms with Crippen molar-refractivity contribution in [1.82, 2.24) is 19.6 Å². The molecule has 1 amide bonds. The van der Waals surface area contributed by atoms with Gasteiger partial charge in [0.2, 0.25) is 0 Å². The summed E-state index contributed by atoms with van der Waals surface area (Å²) in [5.41, 5.74) is 3.21. The highest BCUT2D eigenvalue weighted by atomic mass is 16.2. The number of likely N-dealkylation sites (tertiary alicyclic amines) is 1. The average molecular weight is 403 g/mol. The normalized spacial score (nSPS) is 17.0. The number of hydrogen-bond acceptors (Lipinski definition) is 3. The molecular weight excluding hydrogens is 372 g/mol. The number of nitrogens with zero attached hydrogens (tertiary/aromatic N) is 4. The van der Waals surface area contributed by atoms with Crippen LogP contribution in [0.5, 0.6) is 0 Å². The van der Waals surface area contributed by atoms with Crippen LogP contribution in [0.3, 0.4) is 0 Å². The molecule has 2 heterocycles. The topological polar surface area (TPSA) is 41.4 Å². The SMILES string of the molecule is CN(C(=O)c1cnn(Cc2ccccc2)c1)C1CCCN(CCc2ccccc2)C1. The zero-order chi connectivity index (χ0) is 20.8. The predicted octanol–water partition coefficient (Wildman–Crippen LogP) is 3.71. The third-order valence-electron chi connectivity index (χ3n) is 5.98. The lowest BCUT2D eigenvalue weighted by Gasteiger charge is -2.37. The van der Waals surface area contributed by atoms with E-state index in [1.165, 1.54) is 11.1 Å². The van der Waals surface area contributed by atoms with Crippen molar-refractivity contribution >= 4 is 5.91 Å². The Bertz CT molecular complexity index is 938. The van der Waals surface area contributed by atoms with Crippen molar-refractivity contribution in [2.75, 3.05) is 26.7 Å². The largest absolute Gasteiger partial charge is 0.337 e. The van der Waals surface area contributed by atoms with Crippen LogP contribution in [-0.4, -0.2) is 58.2 Å². The second kappa shape index (κ2) is 9.72. The van der Waals surface area contributed by atoms with Crippen LogP contribution >= 0.6 is 0 Å². The molecule has 1 unspecified atom stereocenters. The standard InChI is InChI=1S/C25H30N4O/c1-27(24-13-8-15-28(20-24)16-14-21-9-4-2-5-10-21)25(30)23-17-26-29(19-23)18-22-11-6-3-7-12-22/h2-7,9-12,17,19,24H,8,13-16,18,20H2,1H3. The molecule has 4 rings (SSSR count). The lowest BCUT2D eigenvalue weighted by Crippen LogP contribution is -2.48. The Morgan fingerprint density at radius 2 is 1.77 bits per heavy atom. The number of benzene rings is 2. The molecule has 2 aromatic carbocycles. The van der Waals surface area contributed by atoms with Crippen molar-refractivity contribution in [3.8, 4) is 0 Å². The number of hydrogen-bond donors (Lipinski definition) is 0. The number of aromatic nitrogens is 2. The summed E-state index contributed by atoms with van der Waals surface area (Å²) in [6, 6.07) is 21.1. The third-order valence-corrected chi connectivity index (χ3v) is 5.98. The van der Waals surface area contributed by atoms with Gasteiger partial charge in [-0.3, -0.25) is 9.48 Å². The first-order valence-corrected chi connectivity index (χ1v) is 10.8. The maximum absolute atomic E-state index is 13.0. The second-order valence-electron chi connectivity index (χ2n) is 8.16. The fourth-order valence-corrected chi connectivity index (χ4v) is 4.18. The van der Waals surface area contributed by atoms with Crippen LogP contribution in [0.4, 0.5) is 0 Å². The molecular formula is C25H30N4O. The summed E-state index contributed by atoms with van der Waals surface area (Å²) in [6.07, 6.45) is 6.80. The second-order valence-corrected chi connectivity index (χ2v) is 8.16. The van der Waals surface area contributed by atoms with Crippen molar-refractivity contribution in [1.29, 1.82) is 0 Å². The molecule has 5 heteroatoms. The lowest BCUT2D eigenvalue weighted by molar-refractivity contribution is 0.0619. The Balaban J connectivity index is 1.33. The maximum atomic E-state index is 13.0. The highest BCUT2D eigenvalue weighted by Crippen LogP contribution is 2.18. The van der Waals surface area contributed by atoms with Gasteiger partial charge < -0.3 is 9.80 Å². The van der Waals surface area contributed by atoms with E-state index in [1.54, 1.807) is 6.20 Å². The van der Waals surface area contributed by atoms with Crippen molar-refractivity contribution < 1.29 is 4.79 Å². The van der Waals surface area contributed by atoms with E-state index in [0.29, 0.717) is 12.1 Å². The molecule has 1 fully saturated rings. The monoisotopic (exact) mass is 402 g/mol. The Morgan fingerprint density at radius 1 is 1.07 bits per heavy atom. The van der Waals surface area contributed by atoms with Crippen LogP contribution in [-0.2, 0) is 13.0 Å². The molecule has 1 aliphatic heterocycles. The van der Waals surface area contributed by atoms with E-state index >= 15 is 0 Å². The molecule has 5 nitrogen and oxygen atoms in total. The van der Waals surface area contributed by atoms with Gasteiger partial charge in [0.05, 0.1) is 18.3 Å². The van der Waals surface area contributed by atoms with E-state index < -0.39 is 0 Å². The molecule has 0 radical (unpaired) electrons. The molecule has 156 valence electrons. The molecule has 0 bridgehead atoms. The van der Waals surface area contributed by atoms with Gasteiger partial charge in [0.25, 0.3) is 5.91 Å². The number of rotatable bonds is 7. The number of likely N-dealkylation sites (N-methyl/N-ethyl adjacent to an activating group) is 1. The molecule has 1 saturated heterocycles. The molecule has 1 aliphatic rings. The maximum Gasteiger partial charge on any atom is 0.257 e. The van der Waals surface area contributed by atoms with Crippen LogP contribution in [0.2, 0.25) is 0 Å². The first-order valence-electron chi connectivity index (χ1n) is 10.8. The summed E-state index contributed by atoms with van der Waals surface area (Å²) in [4.78, 5) is 17.5. The average Bonchev–Trinajstić information content (AvgIpc) is 3.27. The lowest BCUT2D eigenvalue weighted by atomic mass is 10.0. The quantitative estimate of drug-likeness (QED) is 0.605. The summed E-state index contributed by atoms with van der Waals surface area (Å²) in [6.45, 7) is 3.76. The molecule has 30 heavy (non-hydrogen) atoms. The van der Waals surface area contributed by atoms with Gasteiger partial charge in [0.15, 0.2) is 0 Å². The van der Waals surface area contributed by atoms with E-state index in [1.807, 2.05) is 41.0 Å². The Morgan fingerprint density at radius 3 is 2.50 bits per heavy atom. The molecule has 1 atom stereocenters. The van der Waals surface area contributed by atoms with Gasteiger partial charge in [-0.2, -0.15) is 5.10 Å². The number of piperidine rings is 1. The van der Waals surface area contributed by atoms with E-state index in [9.17, 15) is 4.79 Å². The summed E-state index contributed by atoms with van der Waals surface area (Å²) >= 11 is 0. The van der Waals surface area contributed by atoms with Gasteiger partial charge in [0.1, 0.15) is 0 Å². The molecule has 0 aliphatic carbocycles. The zero-order valence-corrected chi connectivity index (χ0v) is 17.7. The minimum Gasteiger partial charge on any atom is -0.337 e. The minimum atomic E-state index is 0.0595. The van der Waals surface area contributed by atoms with Crippen molar-refractivity contribution in [3.05, 3.63) is 89.7 Å². The fraction of sp³-hybridized carbons (Fsp3) is 0.360. The van der Waals surface area contributed by atoms with E-state index in [4.69, 9.17) is 0 Å². The minimum absolute atomic E-state index is 0.0595. The third kappa shape index (κ3) is 5.16. The van der Waals surface area contributed by atoms with Gasteiger partial charge in [-0.25, -0.2) is 0 Å². The van der Waals surface area contributed by atoms with Crippen molar-refractivity contribution in [2.45, 2.75) is 31.8 Å². The summed E-state index contributed by atoms with van der Waals surface area (Å²) in [5.74, 6) is 0.0595. The fourth-order valence-electron chi connectivity index (χ4n) is 4.18. The van der Waals surface area contributed by atoms with Gasteiger partial charge in [0, 0.05) is 32.4 Å². The first-order chi connectivity index (χ1) is 14.7. The van der Waals surface area contributed by atoms with Crippen LogP contribution in [0.1, 0.15) is 34.3 Å². The molecule has 0 saturated carbocycles. The molecule has 0 spiro atoms. The number of carbonyl (C=O) groups excluding carboxylic acids is 1. The van der Waals surface area contributed by atoms with Crippen LogP contribution < -0.4 is 0 Å². The zero-order valence-electron chi connectivity index (χ0n) is 17.7. The van der Waals surface area contributed by atoms with Crippen LogP contribution in [0.15, 0.2) is 73.1 Å². The molecule has 1 aromatic heterocycles. The van der Waals surface area contributed by atoms with Crippen LogP contribution in [0, 0.1) is 0 Å². The molecule has 3 aromatic rings.